The standard InChI is InChI=1S/C20H21BrN4O2/c1-3-13(2)22-20(26)23-16-10-8-14(9-11-16)19-24-18(27-25-19)12-15-6-4-5-7-17(15)21/h4-11,13H,3,12H2,1-2H3,(H2,22,23,26)/t13-/m1/s1. The van der Waals surface area contributed by atoms with E-state index >= 15 is 0 Å². The van der Waals surface area contributed by atoms with Gasteiger partial charge in [-0.15, -0.1) is 0 Å². The number of carbonyl (C=O) groups is 1. The fourth-order valence-corrected chi connectivity index (χ4v) is 2.87. The molecule has 0 spiro atoms. The van der Waals surface area contributed by atoms with Gasteiger partial charge in [-0.1, -0.05) is 46.2 Å². The molecule has 0 aliphatic carbocycles. The maximum atomic E-state index is 11.9. The van der Waals surface area contributed by atoms with E-state index in [1.165, 1.54) is 0 Å². The predicted octanol–water partition coefficient (Wildman–Crippen LogP) is 5.01. The van der Waals surface area contributed by atoms with Crippen molar-refractivity contribution in [3.63, 3.8) is 0 Å². The van der Waals surface area contributed by atoms with E-state index in [9.17, 15) is 4.79 Å². The van der Waals surface area contributed by atoms with E-state index in [4.69, 9.17) is 4.52 Å². The van der Waals surface area contributed by atoms with E-state index in [1.54, 1.807) is 0 Å². The number of carbonyl (C=O) groups excluding carboxylic acids is 1. The molecule has 0 radical (unpaired) electrons. The Balaban J connectivity index is 1.65. The van der Waals surface area contributed by atoms with Gasteiger partial charge in [-0.2, -0.15) is 4.98 Å². The molecule has 2 aromatic carbocycles. The third kappa shape index (κ3) is 5.17. The smallest absolute Gasteiger partial charge is 0.319 e. The van der Waals surface area contributed by atoms with Crippen LogP contribution in [0, 0.1) is 0 Å². The van der Waals surface area contributed by atoms with Crippen LogP contribution in [0.1, 0.15) is 31.7 Å². The molecule has 1 atom stereocenters. The molecule has 0 saturated carbocycles. The predicted molar refractivity (Wildman–Crippen MR) is 109 cm³/mol. The van der Waals surface area contributed by atoms with Crippen molar-refractivity contribution in [3.05, 3.63) is 64.5 Å². The summed E-state index contributed by atoms with van der Waals surface area (Å²) in [4.78, 5) is 16.3. The number of rotatable bonds is 6. The lowest BCUT2D eigenvalue weighted by Gasteiger charge is -2.12. The van der Waals surface area contributed by atoms with Gasteiger partial charge in [-0.05, 0) is 49.2 Å². The lowest BCUT2D eigenvalue weighted by molar-refractivity contribution is 0.249. The summed E-state index contributed by atoms with van der Waals surface area (Å²) in [6.45, 7) is 3.99. The molecular weight excluding hydrogens is 408 g/mol. The third-order valence-corrected chi connectivity index (χ3v) is 4.93. The summed E-state index contributed by atoms with van der Waals surface area (Å²) in [6, 6.07) is 15.2. The molecule has 0 fully saturated rings. The van der Waals surface area contributed by atoms with Crippen LogP contribution in [0.4, 0.5) is 10.5 Å². The molecule has 0 aliphatic heterocycles. The molecule has 2 amide bonds. The van der Waals surface area contributed by atoms with Gasteiger partial charge in [0.05, 0.1) is 6.42 Å². The molecule has 3 rings (SSSR count). The topological polar surface area (TPSA) is 80.0 Å². The summed E-state index contributed by atoms with van der Waals surface area (Å²) in [7, 11) is 0. The first-order valence-corrected chi connectivity index (χ1v) is 9.58. The van der Waals surface area contributed by atoms with Gasteiger partial charge in [0.2, 0.25) is 11.7 Å². The molecule has 0 bridgehead atoms. The van der Waals surface area contributed by atoms with E-state index in [0.717, 1.165) is 22.0 Å². The van der Waals surface area contributed by atoms with Crippen LogP contribution in [-0.4, -0.2) is 22.2 Å². The molecule has 0 aliphatic rings. The molecule has 6 nitrogen and oxygen atoms in total. The summed E-state index contributed by atoms with van der Waals surface area (Å²) in [5.74, 6) is 1.07. The fourth-order valence-electron chi connectivity index (χ4n) is 2.44. The van der Waals surface area contributed by atoms with Crippen LogP contribution in [-0.2, 0) is 6.42 Å². The maximum absolute atomic E-state index is 11.9. The number of hydrogen-bond acceptors (Lipinski definition) is 4. The van der Waals surface area contributed by atoms with Crippen molar-refractivity contribution in [2.75, 3.05) is 5.32 Å². The lowest BCUT2D eigenvalue weighted by atomic mass is 10.1. The van der Waals surface area contributed by atoms with Crippen LogP contribution in [0.15, 0.2) is 57.5 Å². The first-order valence-electron chi connectivity index (χ1n) is 8.79. The quantitative estimate of drug-likeness (QED) is 0.577. The van der Waals surface area contributed by atoms with Gasteiger partial charge >= 0.3 is 6.03 Å². The molecule has 0 saturated heterocycles. The maximum Gasteiger partial charge on any atom is 0.319 e. The average molecular weight is 429 g/mol. The van der Waals surface area contributed by atoms with Crippen molar-refractivity contribution in [1.29, 1.82) is 0 Å². The summed E-state index contributed by atoms with van der Waals surface area (Å²) >= 11 is 3.52. The van der Waals surface area contributed by atoms with Crippen molar-refractivity contribution >= 4 is 27.6 Å². The van der Waals surface area contributed by atoms with Gasteiger partial charge in [0, 0.05) is 21.8 Å². The molecule has 3 aromatic rings. The average Bonchev–Trinajstić information content (AvgIpc) is 3.12. The number of amides is 2. The zero-order valence-electron chi connectivity index (χ0n) is 15.2. The van der Waals surface area contributed by atoms with E-state index in [0.29, 0.717) is 23.8 Å². The van der Waals surface area contributed by atoms with E-state index < -0.39 is 0 Å². The highest BCUT2D eigenvalue weighted by molar-refractivity contribution is 9.10. The van der Waals surface area contributed by atoms with E-state index in [1.807, 2.05) is 62.4 Å². The first-order chi connectivity index (χ1) is 13.0. The van der Waals surface area contributed by atoms with Gasteiger partial charge in [0.1, 0.15) is 0 Å². The van der Waals surface area contributed by atoms with Gasteiger partial charge in [-0.3, -0.25) is 0 Å². The van der Waals surface area contributed by atoms with E-state index in [2.05, 4.69) is 36.7 Å². The minimum Gasteiger partial charge on any atom is -0.339 e. The van der Waals surface area contributed by atoms with Crippen LogP contribution in [0.3, 0.4) is 0 Å². The zero-order chi connectivity index (χ0) is 19.2. The Bertz CT molecular complexity index is 908. The second-order valence-corrected chi connectivity index (χ2v) is 7.12. The summed E-state index contributed by atoms with van der Waals surface area (Å²) in [5.41, 5.74) is 2.61. The Kier molecular flexibility index (Phi) is 6.24. The molecule has 1 aromatic heterocycles. The van der Waals surface area contributed by atoms with Crippen molar-refractivity contribution in [1.82, 2.24) is 15.5 Å². The number of halogens is 1. The number of aromatic nitrogens is 2. The van der Waals surface area contributed by atoms with Gasteiger partial charge < -0.3 is 15.2 Å². The number of benzene rings is 2. The second-order valence-electron chi connectivity index (χ2n) is 6.27. The molecule has 0 unspecified atom stereocenters. The lowest BCUT2D eigenvalue weighted by Crippen LogP contribution is -2.35. The van der Waals surface area contributed by atoms with Gasteiger partial charge in [-0.25, -0.2) is 4.79 Å². The van der Waals surface area contributed by atoms with Crippen LogP contribution < -0.4 is 10.6 Å². The van der Waals surface area contributed by atoms with Crippen molar-refractivity contribution < 1.29 is 9.32 Å². The second kappa shape index (κ2) is 8.81. The number of urea groups is 1. The summed E-state index contributed by atoms with van der Waals surface area (Å²) < 4.78 is 6.38. The van der Waals surface area contributed by atoms with Gasteiger partial charge in [0.25, 0.3) is 0 Å². The van der Waals surface area contributed by atoms with Crippen molar-refractivity contribution in [2.24, 2.45) is 0 Å². The first kappa shape index (κ1) is 19.1. The molecule has 27 heavy (non-hydrogen) atoms. The molecule has 2 N–H and O–H groups in total. The van der Waals surface area contributed by atoms with Crippen LogP contribution >= 0.6 is 15.9 Å². The zero-order valence-corrected chi connectivity index (χ0v) is 16.8. The molecule has 140 valence electrons. The summed E-state index contributed by atoms with van der Waals surface area (Å²) in [6.07, 6.45) is 1.44. The normalized spacial score (nSPS) is 11.8. The van der Waals surface area contributed by atoms with Crippen LogP contribution in [0.5, 0.6) is 0 Å². The third-order valence-electron chi connectivity index (χ3n) is 4.16. The van der Waals surface area contributed by atoms with E-state index in [-0.39, 0.29) is 12.1 Å². The highest BCUT2D eigenvalue weighted by Gasteiger charge is 2.11. The molecule has 1 heterocycles. The SMILES string of the molecule is CC[C@@H](C)NC(=O)Nc1ccc(-c2noc(Cc3ccccc3Br)n2)cc1. The number of anilines is 1. The Labute approximate surface area is 166 Å². The Morgan fingerprint density at radius 3 is 2.63 bits per heavy atom. The van der Waals surface area contributed by atoms with Crippen LogP contribution in [0.2, 0.25) is 0 Å². The minimum atomic E-state index is -0.215. The largest absolute Gasteiger partial charge is 0.339 e. The molecule has 7 heteroatoms. The Morgan fingerprint density at radius 2 is 1.93 bits per heavy atom. The number of nitrogens with zero attached hydrogens (tertiary/aromatic N) is 2. The fraction of sp³-hybridized carbons (Fsp3) is 0.250. The summed E-state index contributed by atoms with van der Waals surface area (Å²) in [5, 5.41) is 9.72. The number of hydrogen-bond donors (Lipinski definition) is 2. The highest BCUT2D eigenvalue weighted by Crippen LogP contribution is 2.22. The Hall–Kier alpha value is -2.67. The van der Waals surface area contributed by atoms with Crippen LogP contribution in [0.25, 0.3) is 11.4 Å². The monoisotopic (exact) mass is 428 g/mol. The van der Waals surface area contributed by atoms with Gasteiger partial charge in [0.15, 0.2) is 0 Å². The molecular formula is C20H21BrN4O2. The number of nitrogens with one attached hydrogen (secondary N) is 2. The minimum absolute atomic E-state index is 0.131. The van der Waals surface area contributed by atoms with Crippen molar-refractivity contribution in [3.8, 4) is 11.4 Å². The Morgan fingerprint density at radius 1 is 1.19 bits per heavy atom. The van der Waals surface area contributed by atoms with Crippen molar-refractivity contribution in [2.45, 2.75) is 32.7 Å². The highest BCUT2D eigenvalue weighted by atomic mass is 79.9.